The lowest BCUT2D eigenvalue weighted by Gasteiger charge is -2.24. The minimum atomic E-state index is -1.13. The fourth-order valence-corrected chi connectivity index (χ4v) is 1.66. The Morgan fingerprint density at radius 3 is 2.29 bits per heavy atom. The van der Waals surface area contributed by atoms with Crippen LogP contribution in [0, 0.1) is 0 Å². The van der Waals surface area contributed by atoms with Crippen molar-refractivity contribution in [3.05, 3.63) is 29.3 Å². The Morgan fingerprint density at radius 1 is 1.24 bits per heavy atom. The van der Waals surface area contributed by atoms with Gasteiger partial charge in [0.1, 0.15) is 12.4 Å². The summed E-state index contributed by atoms with van der Waals surface area (Å²) in [5.41, 5.74) is -1.53. The highest BCUT2D eigenvalue weighted by Crippen LogP contribution is 2.16. The van der Waals surface area contributed by atoms with Crippen molar-refractivity contribution in [2.45, 2.75) is 32.4 Å². The number of benzene rings is 1. The molecule has 0 aromatic heterocycles. The lowest BCUT2D eigenvalue weighted by atomic mass is 10.1. The van der Waals surface area contributed by atoms with Crippen molar-refractivity contribution in [1.82, 2.24) is 5.32 Å². The van der Waals surface area contributed by atoms with E-state index in [9.17, 15) is 9.59 Å². The van der Waals surface area contributed by atoms with Gasteiger partial charge in [0.25, 0.3) is 5.91 Å². The van der Waals surface area contributed by atoms with Crippen LogP contribution in [0.25, 0.3) is 0 Å². The number of amides is 1. The second-order valence-corrected chi connectivity index (χ2v) is 6.09. The van der Waals surface area contributed by atoms with E-state index in [1.54, 1.807) is 24.3 Å². The molecule has 0 aliphatic rings. The van der Waals surface area contributed by atoms with E-state index in [0.717, 1.165) is 0 Å². The van der Waals surface area contributed by atoms with Crippen LogP contribution in [0.3, 0.4) is 0 Å². The molecule has 0 saturated heterocycles. The third-order valence-electron chi connectivity index (χ3n) is 2.24. The highest BCUT2D eigenvalue weighted by Gasteiger charge is 2.26. The first-order valence-corrected chi connectivity index (χ1v) is 6.99. The van der Waals surface area contributed by atoms with Gasteiger partial charge >= 0.3 is 5.43 Å². The van der Waals surface area contributed by atoms with Gasteiger partial charge in [-0.1, -0.05) is 11.6 Å². The fraction of sp³-hybridized carbons (Fsp3) is 0.429. The monoisotopic (exact) mass is 333 g/mol. The van der Waals surface area contributed by atoms with Crippen molar-refractivity contribution in [2.75, 3.05) is 6.61 Å². The van der Waals surface area contributed by atoms with Crippen LogP contribution in [-0.2, 0) is 9.53 Å². The van der Waals surface area contributed by atoms with Crippen molar-refractivity contribution in [1.29, 1.82) is 0 Å². The zero-order valence-electron chi connectivity index (χ0n) is 12.0. The van der Waals surface area contributed by atoms with Crippen molar-refractivity contribution < 1.29 is 19.1 Å². The molecule has 0 saturated carbocycles. The summed E-state index contributed by atoms with van der Waals surface area (Å²) in [6.45, 7) is 5.28. The molecule has 0 fully saturated rings. The third kappa shape index (κ3) is 7.20. The molecule has 0 spiro atoms. The van der Waals surface area contributed by atoms with Crippen LogP contribution < -0.4 is 10.1 Å². The summed E-state index contributed by atoms with van der Waals surface area (Å²) in [6.07, 6.45) is -1.13. The predicted molar refractivity (Wildman–Crippen MR) is 81.0 cm³/mol. The van der Waals surface area contributed by atoms with Crippen LogP contribution in [0.15, 0.2) is 24.3 Å². The summed E-state index contributed by atoms with van der Waals surface area (Å²) in [5.74, 6) is 0.0176. The van der Waals surface area contributed by atoms with E-state index in [0.29, 0.717) is 10.8 Å². The number of carbonyl (C=O) groups is 2. The van der Waals surface area contributed by atoms with Crippen LogP contribution >= 0.6 is 23.2 Å². The Morgan fingerprint density at radius 2 is 1.81 bits per heavy atom. The first kappa shape index (κ1) is 17.6. The molecule has 0 aliphatic heterocycles. The number of hydrogen-bond donors (Lipinski definition) is 1. The number of ether oxygens (including phenoxy) is 2. The van der Waals surface area contributed by atoms with Gasteiger partial charge < -0.3 is 14.8 Å². The molecule has 0 heterocycles. The Hall–Kier alpha value is -1.46. The topological polar surface area (TPSA) is 64.6 Å². The second kappa shape index (κ2) is 7.52. The van der Waals surface area contributed by atoms with E-state index in [4.69, 9.17) is 32.7 Å². The molecule has 1 aromatic rings. The molecule has 0 radical (unpaired) electrons. The molecule has 21 heavy (non-hydrogen) atoms. The highest BCUT2D eigenvalue weighted by molar-refractivity contribution is 6.61. The lowest BCUT2D eigenvalue weighted by Crippen LogP contribution is -2.48. The number of carbonyl (C=O) groups excluding carboxylic acids is 2. The summed E-state index contributed by atoms with van der Waals surface area (Å²) in [7, 11) is 0. The third-order valence-corrected chi connectivity index (χ3v) is 2.58. The van der Waals surface area contributed by atoms with E-state index in [-0.39, 0.29) is 6.61 Å². The zero-order valence-corrected chi connectivity index (χ0v) is 13.5. The molecule has 0 bridgehead atoms. The molecule has 1 atom stereocenters. The van der Waals surface area contributed by atoms with Crippen LogP contribution in [0.2, 0.25) is 5.02 Å². The van der Waals surface area contributed by atoms with Crippen LogP contribution in [0.1, 0.15) is 20.8 Å². The molecule has 1 rings (SSSR count). The number of hydrogen-bond acceptors (Lipinski definition) is 4. The SMILES string of the molecule is CC(C)(C)NC(=O)C(COc1ccc(Cl)cc1)OC(=O)Cl. The summed E-state index contributed by atoms with van der Waals surface area (Å²) in [5, 5.41) is 3.26. The van der Waals surface area contributed by atoms with Crippen molar-refractivity contribution >= 4 is 34.5 Å². The van der Waals surface area contributed by atoms with E-state index >= 15 is 0 Å². The molecule has 116 valence electrons. The molecular formula is C14H17Cl2NO4. The minimum absolute atomic E-state index is 0.151. The molecule has 1 N–H and O–H groups in total. The smallest absolute Gasteiger partial charge is 0.404 e. The zero-order chi connectivity index (χ0) is 16.0. The van der Waals surface area contributed by atoms with Crippen LogP contribution in [-0.4, -0.2) is 29.6 Å². The molecule has 1 amide bonds. The first-order valence-electron chi connectivity index (χ1n) is 6.24. The Balaban J connectivity index is 2.67. The van der Waals surface area contributed by atoms with Crippen LogP contribution in [0.5, 0.6) is 5.75 Å². The summed E-state index contributed by atoms with van der Waals surface area (Å²) in [6, 6.07) is 6.58. The average Bonchev–Trinajstić information content (AvgIpc) is 2.33. The van der Waals surface area contributed by atoms with Gasteiger partial charge in [-0.2, -0.15) is 0 Å². The Kier molecular flexibility index (Phi) is 6.30. The maximum atomic E-state index is 12.0. The summed E-state index contributed by atoms with van der Waals surface area (Å²) < 4.78 is 10.2. The van der Waals surface area contributed by atoms with Crippen LogP contribution in [0.4, 0.5) is 4.79 Å². The van der Waals surface area contributed by atoms with E-state index in [2.05, 4.69) is 5.32 Å². The second-order valence-electron chi connectivity index (χ2n) is 5.35. The molecular weight excluding hydrogens is 317 g/mol. The van der Waals surface area contributed by atoms with Gasteiger partial charge in [0.2, 0.25) is 6.10 Å². The van der Waals surface area contributed by atoms with E-state index < -0.39 is 23.0 Å². The maximum Gasteiger partial charge on any atom is 0.404 e. The number of nitrogens with one attached hydrogen (secondary N) is 1. The molecule has 5 nitrogen and oxygen atoms in total. The Labute approximate surface area is 133 Å². The maximum absolute atomic E-state index is 12.0. The molecule has 1 unspecified atom stereocenters. The van der Waals surface area contributed by atoms with E-state index in [1.165, 1.54) is 0 Å². The lowest BCUT2D eigenvalue weighted by molar-refractivity contribution is -0.132. The van der Waals surface area contributed by atoms with Crippen molar-refractivity contribution in [2.24, 2.45) is 0 Å². The minimum Gasteiger partial charge on any atom is -0.489 e. The van der Waals surface area contributed by atoms with Gasteiger partial charge in [0.15, 0.2) is 0 Å². The van der Waals surface area contributed by atoms with Gasteiger partial charge in [-0.3, -0.25) is 4.79 Å². The standard InChI is InChI=1S/C14H17Cl2NO4/c1-14(2,3)17-12(18)11(21-13(16)19)8-20-10-6-4-9(15)5-7-10/h4-7,11H,8H2,1-3H3,(H,17,18). The molecule has 0 aliphatic carbocycles. The van der Waals surface area contributed by atoms with Gasteiger partial charge in [0, 0.05) is 22.2 Å². The summed E-state index contributed by atoms with van der Waals surface area (Å²) in [4.78, 5) is 22.9. The van der Waals surface area contributed by atoms with Gasteiger partial charge in [0.05, 0.1) is 0 Å². The molecule has 7 heteroatoms. The summed E-state index contributed by atoms with van der Waals surface area (Å²) >= 11 is 10.9. The van der Waals surface area contributed by atoms with Gasteiger partial charge in [-0.25, -0.2) is 4.79 Å². The number of halogens is 2. The molecule has 1 aromatic carbocycles. The normalized spacial score (nSPS) is 12.4. The predicted octanol–water partition coefficient (Wildman–Crippen LogP) is 3.38. The van der Waals surface area contributed by atoms with Crippen molar-refractivity contribution in [3.63, 3.8) is 0 Å². The quantitative estimate of drug-likeness (QED) is 0.839. The Bertz CT molecular complexity index is 497. The number of rotatable bonds is 5. The van der Waals surface area contributed by atoms with Gasteiger partial charge in [-0.15, -0.1) is 0 Å². The highest BCUT2D eigenvalue weighted by atomic mass is 35.5. The van der Waals surface area contributed by atoms with Gasteiger partial charge in [-0.05, 0) is 45.0 Å². The average molecular weight is 334 g/mol. The van der Waals surface area contributed by atoms with Crippen molar-refractivity contribution in [3.8, 4) is 5.75 Å². The first-order chi connectivity index (χ1) is 9.67. The van der Waals surface area contributed by atoms with E-state index in [1.807, 2.05) is 20.8 Å². The largest absolute Gasteiger partial charge is 0.489 e. The fourth-order valence-electron chi connectivity index (χ4n) is 1.43.